The Balaban J connectivity index is 1.33. The third-order valence-corrected chi connectivity index (χ3v) is 7.39. The molecule has 2 amide bonds. The highest BCUT2D eigenvalue weighted by Gasteiger charge is 2.50. The first-order valence-electron chi connectivity index (χ1n) is 10.6. The first-order chi connectivity index (χ1) is 15.0. The van der Waals surface area contributed by atoms with Gasteiger partial charge in [0.1, 0.15) is 5.54 Å². The Bertz CT molecular complexity index is 1010. The molecule has 3 aliphatic heterocycles. The van der Waals surface area contributed by atoms with Crippen LogP contribution in [0.25, 0.3) is 0 Å². The van der Waals surface area contributed by atoms with E-state index in [2.05, 4.69) is 15.3 Å². The maximum atomic E-state index is 13.3. The molecule has 1 aromatic heterocycles. The molecule has 5 rings (SSSR count). The Labute approximate surface area is 185 Å². The van der Waals surface area contributed by atoms with Gasteiger partial charge in [-0.2, -0.15) is 0 Å². The van der Waals surface area contributed by atoms with E-state index in [9.17, 15) is 9.59 Å². The number of aryl methyl sites for hydroxylation is 1. The Kier molecular flexibility index (Phi) is 5.10. The van der Waals surface area contributed by atoms with Crippen molar-refractivity contribution < 1.29 is 19.1 Å². The highest BCUT2D eigenvalue weighted by atomic mass is 32.1. The molecular formula is C22H26N4O4S. The van der Waals surface area contributed by atoms with Gasteiger partial charge >= 0.3 is 0 Å². The number of hydrogen-bond donors (Lipinski definition) is 0. The van der Waals surface area contributed by atoms with Crippen molar-refractivity contribution in [2.24, 2.45) is 0 Å². The number of piperidine rings is 1. The van der Waals surface area contributed by atoms with Gasteiger partial charge in [-0.25, -0.2) is 4.98 Å². The van der Waals surface area contributed by atoms with Crippen LogP contribution in [0.3, 0.4) is 0 Å². The van der Waals surface area contributed by atoms with Crippen LogP contribution in [0.4, 0.5) is 0 Å². The molecule has 2 aromatic rings. The molecular weight excluding hydrogens is 416 g/mol. The van der Waals surface area contributed by atoms with Crippen LogP contribution < -0.4 is 9.47 Å². The number of likely N-dealkylation sites (tertiary alicyclic amines) is 1. The summed E-state index contributed by atoms with van der Waals surface area (Å²) in [5, 5.41) is 3.11. The third kappa shape index (κ3) is 3.55. The highest BCUT2D eigenvalue weighted by molar-refractivity contribution is 7.09. The molecule has 31 heavy (non-hydrogen) atoms. The van der Waals surface area contributed by atoms with Crippen LogP contribution in [-0.2, 0) is 11.3 Å². The van der Waals surface area contributed by atoms with Gasteiger partial charge in [0.15, 0.2) is 11.5 Å². The van der Waals surface area contributed by atoms with E-state index in [0.29, 0.717) is 56.1 Å². The van der Waals surface area contributed by atoms with Crippen LogP contribution in [0.1, 0.15) is 33.9 Å². The zero-order chi connectivity index (χ0) is 21.6. The number of carbonyl (C=O) groups is 2. The van der Waals surface area contributed by atoms with Crippen LogP contribution in [-0.4, -0.2) is 77.1 Å². The van der Waals surface area contributed by atoms with Crippen LogP contribution in [0.15, 0.2) is 23.6 Å². The van der Waals surface area contributed by atoms with Crippen LogP contribution in [0.2, 0.25) is 0 Å². The van der Waals surface area contributed by atoms with E-state index in [0.717, 1.165) is 17.2 Å². The molecule has 0 unspecified atom stereocenters. The predicted octanol–water partition coefficient (Wildman–Crippen LogP) is 2.13. The smallest absolute Gasteiger partial charge is 0.253 e. The maximum Gasteiger partial charge on any atom is 0.253 e. The van der Waals surface area contributed by atoms with E-state index in [1.807, 2.05) is 23.8 Å². The number of nitrogens with zero attached hydrogens (tertiary/aromatic N) is 4. The van der Waals surface area contributed by atoms with Crippen molar-refractivity contribution in [3.8, 4) is 11.5 Å². The zero-order valence-electron chi connectivity index (χ0n) is 17.8. The van der Waals surface area contributed by atoms with E-state index in [-0.39, 0.29) is 18.6 Å². The summed E-state index contributed by atoms with van der Waals surface area (Å²) in [4.78, 5) is 37.0. The van der Waals surface area contributed by atoms with Crippen LogP contribution in [0, 0.1) is 6.92 Å². The Morgan fingerprint density at radius 3 is 2.68 bits per heavy atom. The second-order valence-corrected chi connectivity index (χ2v) is 9.46. The zero-order valence-corrected chi connectivity index (χ0v) is 18.6. The molecule has 2 fully saturated rings. The fourth-order valence-electron chi connectivity index (χ4n) is 4.81. The van der Waals surface area contributed by atoms with Crippen molar-refractivity contribution in [3.63, 3.8) is 0 Å². The summed E-state index contributed by atoms with van der Waals surface area (Å²) in [7, 11) is 1.87. The van der Waals surface area contributed by atoms with Crippen LogP contribution >= 0.6 is 11.3 Å². The number of hydrogen-bond acceptors (Lipinski definition) is 7. The van der Waals surface area contributed by atoms with Gasteiger partial charge in [-0.15, -0.1) is 11.3 Å². The number of aromatic nitrogens is 1. The van der Waals surface area contributed by atoms with Gasteiger partial charge in [-0.3, -0.25) is 14.5 Å². The van der Waals surface area contributed by atoms with E-state index in [1.165, 1.54) is 0 Å². The van der Waals surface area contributed by atoms with Gasteiger partial charge in [-0.05, 0) is 38.0 Å². The standard InChI is InChI=1S/C22H26N4O4S/c1-15-23-17(13-31-15)12-26-10-9-24(2)21(28)22(26)5-7-25(8-6-22)20(27)16-3-4-18-19(11-16)30-14-29-18/h3-4,11,13H,5-10,12,14H2,1-2H3. The molecule has 0 atom stereocenters. The minimum Gasteiger partial charge on any atom is -0.454 e. The first-order valence-corrected chi connectivity index (χ1v) is 11.4. The van der Waals surface area contributed by atoms with Gasteiger partial charge < -0.3 is 19.3 Å². The summed E-state index contributed by atoms with van der Waals surface area (Å²) < 4.78 is 10.7. The average molecular weight is 443 g/mol. The third-order valence-electron chi connectivity index (χ3n) is 6.57. The topological polar surface area (TPSA) is 75.2 Å². The van der Waals surface area contributed by atoms with E-state index >= 15 is 0 Å². The van der Waals surface area contributed by atoms with Crippen molar-refractivity contribution in [1.29, 1.82) is 0 Å². The summed E-state index contributed by atoms with van der Waals surface area (Å²) in [6.07, 6.45) is 1.24. The number of likely N-dealkylation sites (N-methyl/N-ethyl adjacent to an activating group) is 1. The molecule has 8 nitrogen and oxygen atoms in total. The monoisotopic (exact) mass is 442 g/mol. The summed E-state index contributed by atoms with van der Waals surface area (Å²) in [5.41, 5.74) is 1.02. The normalized spacial score (nSPS) is 20.5. The van der Waals surface area contributed by atoms with Crippen molar-refractivity contribution in [1.82, 2.24) is 19.7 Å². The molecule has 0 radical (unpaired) electrons. The van der Waals surface area contributed by atoms with Gasteiger partial charge in [0, 0.05) is 50.7 Å². The summed E-state index contributed by atoms with van der Waals surface area (Å²) >= 11 is 1.63. The number of benzene rings is 1. The lowest BCUT2D eigenvalue weighted by Crippen LogP contribution is -2.68. The number of piperazine rings is 1. The average Bonchev–Trinajstić information content (AvgIpc) is 3.42. The van der Waals surface area contributed by atoms with Gasteiger partial charge in [-0.1, -0.05) is 0 Å². The Morgan fingerprint density at radius 1 is 1.16 bits per heavy atom. The molecule has 3 aliphatic rings. The van der Waals surface area contributed by atoms with E-state index in [1.54, 1.807) is 29.5 Å². The molecule has 164 valence electrons. The molecule has 0 aliphatic carbocycles. The first kappa shape index (κ1) is 20.3. The quantitative estimate of drug-likeness (QED) is 0.725. The maximum absolute atomic E-state index is 13.3. The summed E-state index contributed by atoms with van der Waals surface area (Å²) in [5.74, 6) is 1.39. The van der Waals surface area contributed by atoms with Crippen molar-refractivity contribution >= 4 is 23.2 Å². The fourth-order valence-corrected chi connectivity index (χ4v) is 5.41. The lowest BCUT2D eigenvalue weighted by Gasteiger charge is -2.52. The molecule has 0 bridgehead atoms. The minimum atomic E-state index is -0.573. The number of thiazole rings is 1. The fraction of sp³-hybridized carbons (Fsp3) is 0.500. The molecule has 9 heteroatoms. The molecule has 2 saturated heterocycles. The number of fused-ring (bicyclic) bond motifs is 1. The Morgan fingerprint density at radius 2 is 1.94 bits per heavy atom. The van der Waals surface area contributed by atoms with Crippen LogP contribution in [0.5, 0.6) is 11.5 Å². The molecule has 4 heterocycles. The SMILES string of the molecule is Cc1nc(CN2CCN(C)C(=O)C23CCN(C(=O)c2ccc4c(c2)OCO4)CC3)cs1. The number of amides is 2. The number of carbonyl (C=O) groups excluding carboxylic acids is 2. The largest absolute Gasteiger partial charge is 0.454 e. The summed E-state index contributed by atoms with van der Waals surface area (Å²) in [6.45, 7) is 5.46. The predicted molar refractivity (Wildman–Crippen MR) is 115 cm³/mol. The molecule has 1 aromatic carbocycles. The van der Waals surface area contributed by atoms with Gasteiger partial charge in [0.2, 0.25) is 12.7 Å². The van der Waals surface area contributed by atoms with Crippen molar-refractivity contribution in [2.45, 2.75) is 31.8 Å². The van der Waals surface area contributed by atoms with Crippen molar-refractivity contribution in [2.75, 3.05) is 40.0 Å². The van der Waals surface area contributed by atoms with Gasteiger partial charge in [0.25, 0.3) is 5.91 Å². The minimum absolute atomic E-state index is 0.0357. The lowest BCUT2D eigenvalue weighted by molar-refractivity contribution is -0.154. The lowest BCUT2D eigenvalue weighted by atomic mass is 9.82. The second-order valence-electron chi connectivity index (χ2n) is 8.40. The van der Waals surface area contributed by atoms with Crippen molar-refractivity contribution in [3.05, 3.63) is 39.8 Å². The van der Waals surface area contributed by atoms with Gasteiger partial charge in [0.05, 0.1) is 10.7 Å². The highest BCUT2D eigenvalue weighted by Crippen LogP contribution is 2.36. The van der Waals surface area contributed by atoms with E-state index < -0.39 is 5.54 Å². The number of rotatable bonds is 3. The summed E-state index contributed by atoms with van der Waals surface area (Å²) in [6, 6.07) is 5.29. The second kappa shape index (κ2) is 7.80. The van der Waals surface area contributed by atoms with E-state index in [4.69, 9.17) is 9.47 Å². The number of ether oxygens (including phenoxy) is 2. The molecule has 1 spiro atoms. The molecule has 0 N–H and O–H groups in total. The Hall–Kier alpha value is -2.65. The molecule has 0 saturated carbocycles.